The number of nitrogens with zero attached hydrogens (tertiary/aromatic N) is 1. The second-order valence-corrected chi connectivity index (χ2v) is 5.73. The topological polar surface area (TPSA) is 57.5 Å². The molecule has 0 atom stereocenters. The number of carbonyl (C=O) groups excluding carboxylic acids is 2. The van der Waals surface area contributed by atoms with Crippen LogP contribution in [0.2, 0.25) is 0 Å². The summed E-state index contributed by atoms with van der Waals surface area (Å²) in [6.45, 7) is 0.543. The SMILES string of the molecule is COC(=O)c1cccn1CC(=O)c1ccc(OCc2ccccc2)cc1. The highest BCUT2D eigenvalue weighted by molar-refractivity contribution is 5.97. The van der Waals surface area contributed by atoms with Crippen molar-refractivity contribution >= 4 is 11.8 Å². The zero-order chi connectivity index (χ0) is 18.4. The fourth-order valence-electron chi connectivity index (χ4n) is 2.57. The Labute approximate surface area is 151 Å². The summed E-state index contributed by atoms with van der Waals surface area (Å²) in [5.41, 5.74) is 1.99. The molecule has 1 heterocycles. The van der Waals surface area contributed by atoms with E-state index < -0.39 is 5.97 Å². The first kappa shape index (κ1) is 17.5. The summed E-state index contributed by atoms with van der Waals surface area (Å²) in [4.78, 5) is 24.1. The van der Waals surface area contributed by atoms with Gasteiger partial charge in [0.05, 0.1) is 13.7 Å². The molecule has 0 fully saturated rings. The van der Waals surface area contributed by atoms with Crippen LogP contribution in [0.25, 0.3) is 0 Å². The quantitative estimate of drug-likeness (QED) is 0.482. The minimum atomic E-state index is -0.465. The van der Waals surface area contributed by atoms with Gasteiger partial charge in [0.25, 0.3) is 0 Å². The molecular weight excluding hydrogens is 330 g/mol. The molecular formula is C21H19NO4. The van der Waals surface area contributed by atoms with Crippen molar-refractivity contribution in [2.24, 2.45) is 0 Å². The number of carbonyl (C=O) groups is 2. The monoisotopic (exact) mass is 349 g/mol. The van der Waals surface area contributed by atoms with Crippen LogP contribution in [0, 0.1) is 0 Å². The molecule has 0 saturated heterocycles. The Morgan fingerprint density at radius 1 is 0.923 bits per heavy atom. The predicted octanol–water partition coefficient (Wildman–Crippen LogP) is 3.74. The third kappa shape index (κ3) is 4.19. The van der Waals surface area contributed by atoms with Crippen molar-refractivity contribution in [1.82, 2.24) is 4.57 Å². The molecule has 5 nitrogen and oxygen atoms in total. The van der Waals surface area contributed by atoms with E-state index in [2.05, 4.69) is 0 Å². The van der Waals surface area contributed by atoms with Crippen LogP contribution in [0.15, 0.2) is 72.9 Å². The number of Topliss-reactive ketones (excluding diaryl/α,β-unsaturated/α-hetero) is 1. The first-order valence-electron chi connectivity index (χ1n) is 8.21. The van der Waals surface area contributed by atoms with E-state index >= 15 is 0 Å². The van der Waals surface area contributed by atoms with Gasteiger partial charge in [-0.25, -0.2) is 4.79 Å². The highest BCUT2D eigenvalue weighted by atomic mass is 16.5. The van der Waals surface area contributed by atoms with Crippen LogP contribution in [0.3, 0.4) is 0 Å². The normalized spacial score (nSPS) is 10.3. The Kier molecular flexibility index (Phi) is 5.49. The number of aromatic nitrogens is 1. The molecule has 0 radical (unpaired) electrons. The van der Waals surface area contributed by atoms with Crippen molar-refractivity contribution in [2.45, 2.75) is 13.2 Å². The lowest BCUT2D eigenvalue weighted by atomic mass is 10.1. The molecule has 0 aliphatic rings. The Balaban J connectivity index is 1.62. The summed E-state index contributed by atoms with van der Waals surface area (Å²) in [5, 5.41) is 0. The van der Waals surface area contributed by atoms with Crippen LogP contribution in [-0.2, 0) is 17.9 Å². The zero-order valence-electron chi connectivity index (χ0n) is 14.4. The molecule has 1 aromatic heterocycles. The van der Waals surface area contributed by atoms with Gasteiger partial charge >= 0.3 is 5.97 Å². The van der Waals surface area contributed by atoms with Gasteiger partial charge in [-0.15, -0.1) is 0 Å². The van der Waals surface area contributed by atoms with Gasteiger partial charge in [-0.05, 0) is 42.0 Å². The number of benzene rings is 2. The molecule has 132 valence electrons. The predicted molar refractivity (Wildman–Crippen MR) is 97.3 cm³/mol. The fraction of sp³-hybridized carbons (Fsp3) is 0.143. The van der Waals surface area contributed by atoms with Gasteiger partial charge < -0.3 is 14.0 Å². The van der Waals surface area contributed by atoms with Gasteiger partial charge in [-0.1, -0.05) is 30.3 Å². The molecule has 2 aromatic carbocycles. The second kappa shape index (κ2) is 8.16. The van der Waals surface area contributed by atoms with E-state index in [9.17, 15) is 9.59 Å². The second-order valence-electron chi connectivity index (χ2n) is 5.73. The van der Waals surface area contributed by atoms with Crippen molar-refractivity contribution in [1.29, 1.82) is 0 Å². The maximum absolute atomic E-state index is 12.5. The van der Waals surface area contributed by atoms with Crippen LogP contribution in [-0.4, -0.2) is 23.4 Å². The first-order chi connectivity index (χ1) is 12.7. The summed E-state index contributed by atoms with van der Waals surface area (Å²) < 4.78 is 12.0. The first-order valence-corrected chi connectivity index (χ1v) is 8.21. The molecule has 5 heteroatoms. The third-order valence-corrected chi connectivity index (χ3v) is 3.96. The minimum absolute atomic E-state index is 0.0711. The Hall–Kier alpha value is -3.34. The number of methoxy groups -OCH3 is 1. The average molecular weight is 349 g/mol. The number of ketones is 1. The van der Waals surface area contributed by atoms with E-state index in [1.54, 1.807) is 47.2 Å². The van der Waals surface area contributed by atoms with Crippen LogP contribution in [0.1, 0.15) is 26.4 Å². The van der Waals surface area contributed by atoms with E-state index in [-0.39, 0.29) is 12.3 Å². The number of esters is 1. The van der Waals surface area contributed by atoms with Crippen molar-refractivity contribution in [3.05, 3.63) is 89.7 Å². The number of ether oxygens (including phenoxy) is 2. The zero-order valence-corrected chi connectivity index (χ0v) is 14.4. The third-order valence-electron chi connectivity index (χ3n) is 3.96. The molecule has 0 unspecified atom stereocenters. The Morgan fingerprint density at radius 3 is 2.35 bits per heavy atom. The van der Waals surface area contributed by atoms with Crippen LogP contribution in [0.4, 0.5) is 0 Å². The molecule has 3 rings (SSSR count). The molecule has 0 saturated carbocycles. The summed E-state index contributed by atoms with van der Waals surface area (Å²) in [6, 6.07) is 20.2. The molecule has 0 N–H and O–H groups in total. The molecule has 3 aromatic rings. The van der Waals surface area contributed by atoms with Gasteiger partial charge in [0.2, 0.25) is 0 Å². The van der Waals surface area contributed by atoms with E-state index in [4.69, 9.17) is 9.47 Å². The Morgan fingerprint density at radius 2 is 1.65 bits per heavy atom. The van der Waals surface area contributed by atoms with E-state index in [1.807, 2.05) is 30.3 Å². The van der Waals surface area contributed by atoms with Gasteiger partial charge in [-0.3, -0.25) is 4.79 Å². The smallest absolute Gasteiger partial charge is 0.354 e. The maximum Gasteiger partial charge on any atom is 0.354 e. The lowest BCUT2D eigenvalue weighted by molar-refractivity contribution is 0.0588. The number of rotatable bonds is 7. The van der Waals surface area contributed by atoms with E-state index in [0.717, 1.165) is 5.56 Å². The molecule has 0 aliphatic heterocycles. The lowest BCUT2D eigenvalue weighted by Gasteiger charge is -2.09. The Bertz CT molecular complexity index is 882. The number of hydrogen-bond donors (Lipinski definition) is 0. The van der Waals surface area contributed by atoms with Crippen molar-refractivity contribution < 1.29 is 19.1 Å². The van der Waals surface area contributed by atoms with E-state index in [1.165, 1.54) is 7.11 Å². The van der Waals surface area contributed by atoms with Crippen LogP contribution in [0.5, 0.6) is 5.75 Å². The van der Waals surface area contributed by atoms with E-state index in [0.29, 0.717) is 23.6 Å². The molecule has 26 heavy (non-hydrogen) atoms. The van der Waals surface area contributed by atoms with Gasteiger partial charge in [-0.2, -0.15) is 0 Å². The van der Waals surface area contributed by atoms with Crippen LogP contribution < -0.4 is 4.74 Å². The largest absolute Gasteiger partial charge is 0.489 e. The minimum Gasteiger partial charge on any atom is -0.489 e. The maximum atomic E-state index is 12.5. The van der Waals surface area contributed by atoms with Crippen molar-refractivity contribution in [3.8, 4) is 5.75 Å². The summed E-state index contributed by atoms with van der Waals surface area (Å²) in [7, 11) is 1.32. The fourth-order valence-corrected chi connectivity index (χ4v) is 2.57. The summed E-state index contributed by atoms with van der Waals surface area (Å²) in [5.74, 6) is 0.134. The van der Waals surface area contributed by atoms with Gasteiger partial charge in [0, 0.05) is 11.8 Å². The highest BCUT2D eigenvalue weighted by Crippen LogP contribution is 2.15. The lowest BCUT2D eigenvalue weighted by Crippen LogP contribution is -2.15. The standard InChI is InChI=1S/C21H19NO4/c1-25-21(24)19-8-5-13-22(19)14-20(23)17-9-11-18(12-10-17)26-15-16-6-3-2-4-7-16/h2-13H,14-15H2,1H3. The highest BCUT2D eigenvalue weighted by Gasteiger charge is 2.14. The average Bonchev–Trinajstić information content (AvgIpc) is 3.15. The van der Waals surface area contributed by atoms with Crippen molar-refractivity contribution in [3.63, 3.8) is 0 Å². The van der Waals surface area contributed by atoms with Crippen LogP contribution >= 0.6 is 0 Å². The molecule has 0 spiro atoms. The molecule has 0 aliphatic carbocycles. The molecule has 0 amide bonds. The van der Waals surface area contributed by atoms with Gasteiger partial charge in [0.1, 0.15) is 18.1 Å². The number of hydrogen-bond acceptors (Lipinski definition) is 4. The molecule has 0 bridgehead atoms. The van der Waals surface area contributed by atoms with Crippen molar-refractivity contribution in [2.75, 3.05) is 7.11 Å². The summed E-state index contributed by atoms with van der Waals surface area (Å²) in [6.07, 6.45) is 1.68. The van der Waals surface area contributed by atoms with Gasteiger partial charge in [0.15, 0.2) is 5.78 Å². The summed E-state index contributed by atoms with van der Waals surface area (Å²) >= 11 is 0.